The summed E-state index contributed by atoms with van der Waals surface area (Å²) in [6, 6.07) is 0. The Kier molecular flexibility index (Phi) is 5.91. The van der Waals surface area contributed by atoms with E-state index in [1.165, 1.54) is 0 Å². The third-order valence-corrected chi connectivity index (χ3v) is 3.20. The number of ether oxygens (including phenoxy) is 1. The van der Waals surface area contributed by atoms with Crippen molar-refractivity contribution in [3.63, 3.8) is 0 Å². The first-order valence-electron chi connectivity index (χ1n) is 6.91. The standard InChI is InChI=1S/C14H22N4O2/c1-2-3-17(4-7-19)12-13-10-15-14(16-11-13)18-5-8-20-9-6-18/h2,10-11,19H,1,3-9,12H2. The summed E-state index contributed by atoms with van der Waals surface area (Å²) in [5.74, 6) is 0.759. The van der Waals surface area contributed by atoms with Gasteiger partial charge in [-0.25, -0.2) is 9.97 Å². The lowest BCUT2D eigenvalue weighted by Gasteiger charge is -2.26. The molecule has 0 atom stereocenters. The molecule has 0 aliphatic carbocycles. The van der Waals surface area contributed by atoms with Gasteiger partial charge in [0.05, 0.1) is 19.8 Å². The highest BCUT2D eigenvalue weighted by molar-refractivity contribution is 5.30. The number of hydrogen-bond donors (Lipinski definition) is 1. The van der Waals surface area contributed by atoms with Crippen molar-refractivity contribution in [2.24, 2.45) is 0 Å². The van der Waals surface area contributed by atoms with Gasteiger partial charge in [-0.1, -0.05) is 6.08 Å². The molecular weight excluding hydrogens is 256 g/mol. The van der Waals surface area contributed by atoms with E-state index in [9.17, 15) is 0 Å². The number of aliphatic hydroxyl groups is 1. The minimum atomic E-state index is 0.139. The summed E-state index contributed by atoms with van der Waals surface area (Å²) >= 11 is 0. The number of anilines is 1. The van der Waals surface area contributed by atoms with Gasteiger partial charge in [0.2, 0.25) is 5.95 Å². The Balaban J connectivity index is 1.94. The lowest BCUT2D eigenvalue weighted by Crippen LogP contribution is -2.37. The van der Waals surface area contributed by atoms with Crippen LogP contribution in [0.15, 0.2) is 25.0 Å². The minimum Gasteiger partial charge on any atom is -0.395 e. The van der Waals surface area contributed by atoms with E-state index in [1.54, 1.807) is 0 Å². The zero-order chi connectivity index (χ0) is 14.2. The number of aromatic nitrogens is 2. The maximum absolute atomic E-state index is 9.03. The predicted molar refractivity (Wildman–Crippen MR) is 77.6 cm³/mol. The highest BCUT2D eigenvalue weighted by atomic mass is 16.5. The van der Waals surface area contributed by atoms with E-state index in [-0.39, 0.29) is 6.61 Å². The van der Waals surface area contributed by atoms with Crippen molar-refractivity contribution in [3.8, 4) is 0 Å². The summed E-state index contributed by atoms with van der Waals surface area (Å²) in [5.41, 5.74) is 1.04. The van der Waals surface area contributed by atoms with Gasteiger partial charge < -0.3 is 14.7 Å². The Bertz CT molecular complexity index is 404. The first-order chi connectivity index (χ1) is 9.83. The normalized spacial score (nSPS) is 15.6. The van der Waals surface area contributed by atoms with Crippen LogP contribution in [0, 0.1) is 0 Å². The molecule has 0 saturated carbocycles. The van der Waals surface area contributed by atoms with Crippen LogP contribution in [0.2, 0.25) is 0 Å². The number of morpholine rings is 1. The van der Waals surface area contributed by atoms with E-state index in [4.69, 9.17) is 9.84 Å². The van der Waals surface area contributed by atoms with Crippen molar-refractivity contribution < 1.29 is 9.84 Å². The Labute approximate surface area is 119 Å². The number of hydrogen-bond acceptors (Lipinski definition) is 6. The first kappa shape index (κ1) is 14.9. The zero-order valence-corrected chi connectivity index (χ0v) is 11.7. The lowest BCUT2D eigenvalue weighted by atomic mass is 10.3. The van der Waals surface area contributed by atoms with Gasteiger partial charge in [-0.2, -0.15) is 0 Å². The fourth-order valence-corrected chi connectivity index (χ4v) is 2.17. The summed E-state index contributed by atoms with van der Waals surface area (Å²) in [7, 11) is 0. The van der Waals surface area contributed by atoms with Crippen LogP contribution in [0.4, 0.5) is 5.95 Å². The molecule has 20 heavy (non-hydrogen) atoms. The highest BCUT2D eigenvalue weighted by Crippen LogP contribution is 2.10. The molecule has 1 aromatic rings. The third-order valence-electron chi connectivity index (χ3n) is 3.20. The van der Waals surface area contributed by atoms with E-state index in [0.29, 0.717) is 6.54 Å². The van der Waals surface area contributed by atoms with Crippen LogP contribution in [0.25, 0.3) is 0 Å². The number of aliphatic hydroxyl groups excluding tert-OH is 1. The molecule has 0 aromatic carbocycles. The molecule has 110 valence electrons. The predicted octanol–water partition coefficient (Wildman–Crippen LogP) is 0.294. The second-order valence-corrected chi connectivity index (χ2v) is 4.74. The van der Waals surface area contributed by atoms with Crippen LogP contribution in [0.5, 0.6) is 0 Å². The molecule has 6 heteroatoms. The molecule has 0 unspecified atom stereocenters. The minimum absolute atomic E-state index is 0.139. The molecule has 1 aliphatic heterocycles. The van der Waals surface area contributed by atoms with E-state index >= 15 is 0 Å². The van der Waals surface area contributed by atoms with Gasteiger partial charge in [0.15, 0.2) is 0 Å². The average molecular weight is 278 g/mol. The summed E-state index contributed by atoms with van der Waals surface area (Å²) in [6.45, 7) is 9.09. The van der Waals surface area contributed by atoms with Crippen molar-refractivity contribution >= 4 is 5.95 Å². The second-order valence-electron chi connectivity index (χ2n) is 4.74. The van der Waals surface area contributed by atoms with Gasteiger partial charge in [-0.15, -0.1) is 6.58 Å². The molecule has 1 N–H and O–H groups in total. The van der Waals surface area contributed by atoms with E-state index in [1.807, 2.05) is 18.5 Å². The lowest BCUT2D eigenvalue weighted by molar-refractivity contribution is 0.122. The van der Waals surface area contributed by atoms with E-state index < -0.39 is 0 Å². The van der Waals surface area contributed by atoms with Crippen molar-refractivity contribution in [1.29, 1.82) is 0 Å². The van der Waals surface area contributed by atoms with Crippen LogP contribution >= 0.6 is 0 Å². The second kappa shape index (κ2) is 7.94. The quantitative estimate of drug-likeness (QED) is 0.724. The summed E-state index contributed by atoms with van der Waals surface area (Å²) in [6.07, 6.45) is 5.54. The van der Waals surface area contributed by atoms with Crippen LogP contribution < -0.4 is 4.90 Å². The Hall–Kier alpha value is -1.50. The van der Waals surface area contributed by atoms with E-state index in [2.05, 4.69) is 26.3 Å². The van der Waals surface area contributed by atoms with Crippen LogP contribution in [0.3, 0.4) is 0 Å². The molecule has 2 rings (SSSR count). The Morgan fingerprint density at radius 2 is 2.05 bits per heavy atom. The van der Waals surface area contributed by atoms with Gasteiger partial charge in [0.1, 0.15) is 0 Å². The fraction of sp³-hybridized carbons (Fsp3) is 0.571. The fourth-order valence-electron chi connectivity index (χ4n) is 2.17. The monoisotopic (exact) mass is 278 g/mol. The van der Waals surface area contributed by atoms with Crippen LogP contribution in [-0.4, -0.2) is 66.0 Å². The molecule has 0 spiro atoms. The molecule has 6 nitrogen and oxygen atoms in total. The molecule has 0 amide bonds. The maximum atomic E-state index is 9.03. The molecule has 2 heterocycles. The third kappa shape index (κ3) is 4.26. The summed E-state index contributed by atoms with van der Waals surface area (Å²) < 4.78 is 5.31. The van der Waals surface area contributed by atoms with Gasteiger partial charge in [0, 0.05) is 50.7 Å². The molecule has 0 bridgehead atoms. The van der Waals surface area contributed by atoms with Gasteiger partial charge >= 0.3 is 0 Å². The van der Waals surface area contributed by atoms with Crippen molar-refractivity contribution in [1.82, 2.24) is 14.9 Å². The smallest absolute Gasteiger partial charge is 0.225 e. The molecule has 1 saturated heterocycles. The van der Waals surface area contributed by atoms with Crippen molar-refractivity contribution in [2.75, 3.05) is 50.9 Å². The molecule has 1 aromatic heterocycles. The average Bonchev–Trinajstić information content (AvgIpc) is 2.49. The summed E-state index contributed by atoms with van der Waals surface area (Å²) in [5, 5.41) is 9.03. The molecule has 1 fully saturated rings. The number of nitrogens with zero attached hydrogens (tertiary/aromatic N) is 4. The topological polar surface area (TPSA) is 61.7 Å². The van der Waals surface area contributed by atoms with Crippen molar-refractivity contribution in [3.05, 3.63) is 30.6 Å². The van der Waals surface area contributed by atoms with E-state index in [0.717, 1.165) is 50.9 Å². The van der Waals surface area contributed by atoms with Crippen molar-refractivity contribution in [2.45, 2.75) is 6.54 Å². The van der Waals surface area contributed by atoms with Crippen LogP contribution in [-0.2, 0) is 11.3 Å². The molecular formula is C14H22N4O2. The largest absolute Gasteiger partial charge is 0.395 e. The summed E-state index contributed by atoms with van der Waals surface area (Å²) in [4.78, 5) is 13.1. The van der Waals surface area contributed by atoms with Gasteiger partial charge in [0.25, 0.3) is 0 Å². The maximum Gasteiger partial charge on any atom is 0.225 e. The number of rotatable bonds is 7. The Morgan fingerprint density at radius 1 is 1.35 bits per heavy atom. The SMILES string of the molecule is C=CCN(CCO)Cc1cnc(N2CCOCC2)nc1. The van der Waals surface area contributed by atoms with Gasteiger partial charge in [-0.05, 0) is 0 Å². The highest BCUT2D eigenvalue weighted by Gasteiger charge is 2.13. The molecule has 0 radical (unpaired) electrons. The van der Waals surface area contributed by atoms with Crippen LogP contribution in [0.1, 0.15) is 5.56 Å². The van der Waals surface area contributed by atoms with Gasteiger partial charge in [-0.3, -0.25) is 4.90 Å². The first-order valence-corrected chi connectivity index (χ1v) is 6.91. The molecule has 1 aliphatic rings. The zero-order valence-electron chi connectivity index (χ0n) is 11.7. The Morgan fingerprint density at radius 3 is 2.65 bits per heavy atom.